The third-order valence-electron chi connectivity index (χ3n) is 3.09. The van der Waals surface area contributed by atoms with Gasteiger partial charge in [0, 0.05) is 13.1 Å². The van der Waals surface area contributed by atoms with Crippen LogP contribution < -0.4 is 0 Å². The van der Waals surface area contributed by atoms with Gasteiger partial charge in [0.25, 0.3) is 5.91 Å². The highest BCUT2D eigenvalue weighted by molar-refractivity contribution is 7.91. The summed E-state index contributed by atoms with van der Waals surface area (Å²) in [6, 6.07) is 3.05. The molecule has 0 radical (unpaired) electrons. The van der Waals surface area contributed by atoms with Crippen LogP contribution in [0.2, 0.25) is 0 Å². The van der Waals surface area contributed by atoms with Crippen molar-refractivity contribution >= 4 is 15.7 Å². The van der Waals surface area contributed by atoms with E-state index in [1.807, 2.05) is 0 Å². The van der Waals surface area contributed by atoms with Gasteiger partial charge in [0.05, 0.1) is 17.2 Å². The maximum atomic E-state index is 12.1. The molecule has 1 aliphatic heterocycles. The van der Waals surface area contributed by atoms with E-state index in [2.05, 4.69) is 10.2 Å². The maximum Gasteiger partial charge on any atom is 0.274 e. The Kier molecular flexibility index (Phi) is 3.34. The summed E-state index contributed by atoms with van der Waals surface area (Å²) in [5.41, 5.74) is 0.977. The van der Waals surface area contributed by atoms with Gasteiger partial charge in [-0.1, -0.05) is 0 Å². The minimum absolute atomic E-state index is 0.0362. The zero-order valence-electron chi connectivity index (χ0n) is 10.3. The van der Waals surface area contributed by atoms with Gasteiger partial charge < -0.3 is 4.90 Å². The lowest BCUT2D eigenvalue weighted by atomic mass is 10.2. The Bertz CT molecular complexity index is 553. The van der Waals surface area contributed by atoms with E-state index in [0.29, 0.717) is 6.42 Å². The van der Waals surface area contributed by atoms with Crippen LogP contribution in [-0.2, 0) is 9.84 Å². The lowest BCUT2D eigenvalue weighted by Crippen LogP contribution is -2.38. The average Bonchev–Trinajstić information content (AvgIpc) is 2.69. The molecule has 0 spiro atoms. The topological polar surface area (TPSA) is 80.2 Å². The fourth-order valence-corrected chi connectivity index (χ4v) is 3.71. The molecule has 1 amide bonds. The summed E-state index contributed by atoms with van der Waals surface area (Å²) < 4.78 is 22.8. The first-order chi connectivity index (χ1) is 8.39. The van der Waals surface area contributed by atoms with Crippen molar-refractivity contribution in [2.45, 2.75) is 19.4 Å². The average molecular weight is 269 g/mol. The van der Waals surface area contributed by atoms with Crippen LogP contribution in [-0.4, -0.2) is 54.0 Å². The van der Waals surface area contributed by atoms with E-state index >= 15 is 0 Å². The molecule has 1 aliphatic rings. The summed E-state index contributed by atoms with van der Waals surface area (Å²) in [4.78, 5) is 13.5. The molecular formula is C11H15N3O3S. The van der Waals surface area contributed by atoms with Gasteiger partial charge in [-0.3, -0.25) is 4.79 Å². The van der Waals surface area contributed by atoms with Crippen LogP contribution >= 0.6 is 0 Å². The molecular weight excluding hydrogens is 254 g/mol. The molecule has 1 saturated heterocycles. The highest BCUT2D eigenvalue weighted by atomic mass is 32.2. The SMILES string of the molecule is Cc1ccc(C(=O)N(C)C2CCS(=O)(=O)C2)nn1. The van der Waals surface area contributed by atoms with Crippen molar-refractivity contribution in [3.05, 3.63) is 23.5 Å². The molecule has 2 rings (SSSR count). The predicted octanol–water partition coefficient (Wildman–Crippen LogP) is 0.0441. The smallest absolute Gasteiger partial charge is 0.274 e. The Hall–Kier alpha value is -1.50. The summed E-state index contributed by atoms with van der Waals surface area (Å²) in [5, 5.41) is 7.64. The number of carbonyl (C=O) groups excluding carboxylic acids is 1. The van der Waals surface area contributed by atoms with Crippen LogP contribution in [0.25, 0.3) is 0 Å². The highest BCUT2D eigenvalue weighted by Gasteiger charge is 2.33. The molecule has 98 valence electrons. The predicted molar refractivity (Wildman–Crippen MR) is 65.9 cm³/mol. The van der Waals surface area contributed by atoms with Crippen molar-refractivity contribution in [3.63, 3.8) is 0 Å². The van der Waals surface area contributed by atoms with E-state index in [1.54, 1.807) is 26.1 Å². The van der Waals surface area contributed by atoms with Crippen LogP contribution in [0.1, 0.15) is 22.6 Å². The van der Waals surface area contributed by atoms with Gasteiger partial charge in [-0.25, -0.2) is 8.42 Å². The first-order valence-electron chi connectivity index (χ1n) is 5.67. The molecule has 0 saturated carbocycles. The highest BCUT2D eigenvalue weighted by Crippen LogP contribution is 2.17. The zero-order valence-corrected chi connectivity index (χ0v) is 11.1. The van der Waals surface area contributed by atoms with E-state index in [0.717, 1.165) is 5.69 Å². The molecule has 0 aromatic carbocycles. The number of sulfone groups is 1. The third-order valence-corrected chi connectivity index (χ3v) is 4.84. The molecule has 6 nitrogen and oxygen atoms in total. The van der Waals surface area contributed by atoms with Crippen LogP contribution in [0, 0.1) is 6.92 Å². The first kappa shape index (κ1) is 12.9. The molecule has 18 heavy (non-hydrogen) atoms. The van der Waals surface area contributed by atoms with Gasteiger partial charge >= 0.3 is 0 Å². The minimum Gasteiger partial charge on any atom is -0.336 e. The number of carbonyl (C=O) groups is 1. The monoisotopic (exact) mass is 269 g/mol. The van der Waals surface area contributed by atoms with E-state index in [1.165, 1.54) is 4.90 Å². The number of amides is 1. The Labute approximate surface area is 106 Å². The largest absolute Gasteiger partial charge is 0.336 e. The van der Waals surface area contributed by atoms with E-state index in [-0.39, 0.29) is 29.1 Å². The molecule has 0 aliphatic carbocycles. The van der Waals surface area contributed by atoms with Gasteiger partial charge in [0.2, 0.25) is 0 Å². The van der Waals surface area contributed by atoms with Crippen LogP contribution in [0.15, 0.2) is 12.1 Å². The van der Waals surface area contributed by atoms with E-state index < -0.39 is 9.84 Å². The van der Waals surface area contributed by atoms with E-state index in [9.17, 15) is 13.2 Å². The zero-order chi connectivity index (χ0) is 13.3. The second kappa shape index (κ2) is 4.64. The second-order valence-corrected chi connectivity index (χ2v) is 6.76. The molecule has 2 heterocycles. The summed E-state index contributed by atoms with van der Waals surface area (Å²) in [7, 11) is -1.39. The normalized spacial score (nSPS) is 21.8. The van der Waals surface area contributed by atoms with Gasteiger partial charge in [-0.2, -0.15) is 5.10 Å². The quantitative estimate of drug-likeness (QED) is 0.757. The number of nitrogens with zero attached hydrogens (tertiary/aromatic N) is 3. The fourth-order valence-electron chi connectivity index (χ4n) is 1.94. The lowest BCUT2D eigenvalue weighted by molar-refractivity contribution is 0.0740. The standard InChI is InChI=1S/C11H15N3O3S/c1-8-3-4-10(13-12-8)11(15)14(2)9-5-6-18(16,17)7-9/h3-4,9H,5-7H2,1-2H3. The van der Waals surface area contributed by atoms with Crippen molar-refractivity contribution < 1.29 is 13.2 Å². The number of aromatic nitrogens is 2. The van der Waals surface area contributed by atoms with Crippen molar-refractivity contribution in [2.75, 3.05) is 18.6 Å². The van der Waals surface area contributed by atoms with Gasteiger partial charge in [0.1, 0.15) is 0 Å². The molecule has 1 aromatic rings. The summed E-state index contributed by atoms with van der Waals surface area (Å²) in [6.07, 6.45) is 0.490. The van der Waals surface area contributed by atoms with E-state index in [4.69, 9.17) is 0 Å². The van der Waals surface area contributed by atoms with Crippen molar-refractivity contribution in [2.24, 2.45) is 0 Å². The second-order valence-electron chi connectivity index (χ2n) is 4.53. The Morgan fingerprint density at radius 3 is 2.61 bits per heavy atom. The summed E-state index contributed by atoms with van der Waals surface area (Å²) in [6.45, 7) is 1.79. The van der Waals surface area contributed by atoms with Crippen LogP contribution in [0.5, 0.6) is 0 Å². The number of rotatable bonds is 2. The van der Waals surface area contributed by atoms with Crippen molar-refractivity contribution in [1.29, 1.82) is 0 Å². The van der Waals surface area contributed by atoms with Gasteiger partial charge in [-0.15, -0.1) is 5.10 Å². The number of aryl methyl sites for hydroxylation is 1. The van der Waals surface area contributed by atoms with Crippen molar-refractivity contribution in [3.8, 4) is 0 Å². The number of hydrogen-bond acceptors (Lipinski definition) is 5. The van der Waals surface area contributed by atoms with Crippen LogP contribution in [0.3, 0.4) is 0 Å². The molecule has 1 aromatic heterocycles. The minimum atomic E-state index is -2.99. The fraction of sp³-hybridized carbons (Fsp3) is 0.545. The summed E-state index contributed by atoms with van der Waals surface area (Å²) >= 11 is 0. The molecule has 0 N–H and O–H groups in total. The molecule has 0 bridgehead atoms. The molecule has 1 atom stereocenters. The maximum absolute atomic E-state index is 12.1. The van der Waals surface area contributed by atoms with Crippen LogP contribution in [0.4, 0.5) is 0 Å². The van der Waals surface area contributed by atoms with Gasteiger partial charge in [0.15, 0.2) is 15.5 Å². The lowest BCUT2D eigenvalue weighted by Gasteiger charge is -2.22. The molecule has 1 unspecified atom stereocenters. The summed E-state index contributed by atoms with van der Waals surface area (Å²) in [5.74, 6) is -0.103. The molecule has 1 fully saturated rings. The number of hydrogen-bond donors (Lipinski definition) is 0. The third kappa shape index (κ3) is 2.66. The Balaban J connectivity index is 2.12. The Morgan fingerprint density at radius 2 is 2.11 bits per heavy atom. The van der Waals surface area contributed by atoms with Gasteiger partial charge in [-0.05, 0) is 25.5 Å². The first-order valence-corrected chi connectivity index (χ1v) is 7.49. The van der Waals surface area contributed by atoms with Crippen molar-refractivity contribution in [1.82, 2.24) is 15.1 Å². The Morgan fingerprint density at radius 1 is 1.39 bits per heavy atom. The molecule has 7 heteroatoms.